The zero-order valence-corrected chi connectivity index (χ0v) is 19.9. The molecule has 3 N–H and O–H groups in total. The Hall–Kier alpha value is -3.72. The van der Waals surface area contributed by atoms with Gasteiger partial charge in [-0.3, -0.25) is 4.79 Å². The van der Waals surface area contributed by atoms with Gasteiger partial charge in [0.15, 0.2) is 5.69 Å². The number of nitrogens with zero attached hydrogens (tertiary/aromatic N) is 1. The van der Waals surface area contributed by atoms with Crippen LogP contribution in [-0.2, 0) is 9.53 Å². The summed E-state index contributed by atoms with van der Waals surface area (Å²) in [4.78, 5) is 41.0. The predicted molar refractivity (Wildman–Crippen MR) is 130 cm³/mol. The molecule has 0 spiro atoms. The first-order valence-electron chi connectivity index (χ1n) is 11.5. The molecule has 2 aromatic carbocycles. The van der Waals surface area contributed by atoms with Crippen LogP contribution in [0.4, 0.5) is 4.79 Å². The number of amides is 2. The van der Waals surface area contributed by atoms with E-state index in [0.29, 0.717) is 17.8 Å². The van der Waals surface area contributed by atoms with Crippen LogP contribution in [0, 0.1) is 0 Å². The van der Waals surface area contributed by atoms with Crippen LogP contribution in [0.5, 0.6) is 0 Å². The van der Waals surface area contributed by atoms with Crippen molar-refractivity contribution in [2.45, 2.75) is 43.7 Å². The number of hydrogen-bond acceptors (Lipinski definition) is 6. The van der Waals surface area contributed by atoms with Crippen molar-refractivity contribution in [2.75, 3.05) is 6.61 Å². The van der Waals surface area contributed by atoms with Crippen LogP contribution < -0.4 is 10.6 Å². The smallest absolute Gasteiger partial charge is 0.408 e. The molecule has 3 aromatic rings. The van der Waals surface area contributed by atoms with E-state index in [-0.39, 0.29) is 24.1 Å². The number of alkyl carbamates (subject to hydrolysis) is 1. The van der Waals surface area contributed by atoms with Gasteiger partial charge >= 0.3 is 12.1 Å². The summed E-state index contributed by atoms with van der Waals surface area (Å²) in [6.45, 7) is 1.91. The van der Waals surface area contributed by atoms with Crippen LogP contribution in [0.2, 0.25) is 0 Å². The van der Waals surface area contributed by atoms with Crippen molar-refractivity contribution >= 4 is 29.3 Å². The summed E-state index contributed by atoms with van der Waals surface area (Å²) in [7, 11) is 0. The Morgan fingerprint density at radius 3 is 2.29 bits per heavy atom. The van der Waals surface area contributed by atoms with Gasteiger partial charge in [-0.25, -0.2) is 14.6 Å². The van der Waals surface area contributed by atoms with Gasteiger partial charge in [-0.2, -0.15) is 0 Å². The normalized spacial score (nSPS) is 16.4. The summed E-state index contributed by atoms with van der Waals surface area (Å²) in [6, 6.07) is 15.7. The summed E-state index contributed by atoms with van der Waals surface area (Å²) in [6.07, 6.45) is 1.20. The summed E-state index contributed by atoms with van der Waals surface area (Å²) < 4.78 is 5.63. The standard InChI is InChI=1S/C26H25N3O5S/c1-15(22-28-21(14-35-22)23(30)31)27-24(32)26(11-6-12-26)29-25(33)34-13-20-18-9-4-2-7-16(18)17-8-3-5-10-19(17)20/h2-5,7-10,14-15,20H,6,11-13H2,1H3,(H,27,32)(H,29,33)(H,30,31). The third kappa shape index (κ3) is 4.27. The highest BCUT2D eigenvalue weighted by Crippen LogP contribution is 2.44. The first kappa shape index (κ1) is 23.0. The van der Waals surface area contributed by atoms with E-state index in [1.807, 2.05) is 24.3 Å². The quantitative estimate of drug-likeness (QED) is 0.449. The monoisotopic (exact) mass is 491 g/mol. The molecule has 0 saturated heterocycles. The molecule has 1 atom stereocenters. The second-order valence-electron chi connectivity index (χ2n) is 8.96. The largest absolute Gasteiger partial charge is 0.476 e. The molecular weight excluding hydrogens is 466 g/mol. The fourth-order valence-electron chi connectivity index (χ4n) is 4.75. The Kier molecular flexibility index (Phi) is 6.02. The minimum atomic E-state index is -1.11. The summed E-state index contributed by atoms with van der Waals surface area (Å²) in [5, 5.41) is 16.7. The zero-order valence-electron chi connectivity index (χ0n) is 19.1. The van der Waals surface area contributed by atoms with E-state index in [1.165, 1.54) is 16.7 Å². The number of rotatable bonds is 7. The molecule has 1 saturated carbocycles. The number of thiazole rings is 1. The number of benzene rings is 2. The van der Waals surface area contributed by atoms with E-state index in [9.17, 15) is 14.4 Å². The van der Waals surface area contributed by atoms with Crippen LogP contribution in [-0.4, -0.2) is 40.2 Å². The topological polar surface area (TPSA) is 118 Å². The first-order valence-corrected chi connectivity index (χ1v) is 12.4. The van der Waals surface area contributed by atoms with Gasteiger partial charge in [0.1, 0.15) is 17.2 Å². The maximum atomic E-state index is 13.1. The van der Waals surface area contributed by atoms with Crippen molar-refractivity contribution in [3.63, 3.8) is 0 Å². The summed E-state index contributed by atoms with van der Waals surface area (Å²) in [5.74, 6) is -1.50. The molecule has 2 amide bonds. The predicted octanol–water partition coefficient (Wildman–Crippen LogP) is 4.48. The highest BCUT2D eigenvalue weighted by atomic mass is 32.1. The third-order valence-electron chi connectivity index (χ3n) is 6.79. The molecule has 5 rings (SSSR count). The minimum Gasteiger partial charge on any atom is -0.476 e. The van der Waals surface area contributed by atoms with Gasteiger partial charge in [0.05, 0.1) is 6.04 Å². The maximum Gasteiger partial charge on any atom is 0.408 e. The van der Waals surface area contributed by atoms with Crippen molar-refractivity contribution in [2.24, 2.45) is 0 Å². The second kappa shape index (κ2) is 9.14. The van der Waals surface area contributed by atoms with E-state index in [2.05, 4.69) is 39.9 Å². The van der Waals surface area contributed by atoms with Crippen LogP contribution in [0.25, 0.3) is 11.1 Å². The molecule has 180 valence electrons. The molecule has 1 fully saturated rings. The van der Waals surface area contributed by atoms with Gasteiger partial charge in [0.25, 0.3) is 0 Å². The van der Waals surface area contributed by atoms with Gasteiger partial charge in [-0.05, 0) is 48.4 Å². The van der Waals surface area contributed by atoms with Crippen LogP contribution >= 0.6 is 11.3 Å². The van der Waals surface area contributed by atoms with Crippen molar-refractivity contribution in [3.05, 3.63) is 75.7 Å². The molecule has 2 aliphatic carbocycles. The maximum absolute atomic E-state index is 13.1. The van der Waals surface area contributed by atoms with E-state index in [0.717, 1.165) is 28.7 Å². The number of ether oxygens (including phenoxy) is 1. The van der Waals surface area contributed by atoms with Crippen molar-refractivity contribution in [1.29, 1.82) is 0 Å². The van der Waals surface area contributed by atoms with Gasteiger partial charge < -0.3 is 20.5 Å². The Balaban J connectivity index is 1.23. The number of nitrogens with one attached hydrogen (secondary N) is 2. The molecular formula is C26H25N3O5S. The first-order chi connectivity index (χ1) is 16.9. The Bertz CT molecular complexity index is 1250. The van der Waals surface area contributed by atoms with E-state index >= 15 is 0 Å². The molecule has 8 nitrogen and oxygen atoms in total. The van der Waals surface area contributed by atoms with Crippen molar-refractivity contribution in [3.8, 4) is 11.1 Å². The molecule has 35 heavy (non-hydrogen) atoms. The van der Waals surface area contributed by atoms with Gasteiger partial charge in [0.2, 0.25) is 5.91 Å². The lowest BCUT2D eigenvalue weighted by molar-refractivity contribution is -0.131. The average Bonchev–Trinajstić information content (AvgIpc) is 3.44. The van der Waals surface area contributed by atoms with Crippen molar-refractivity contribution < 1.29 is 24.2 Å². The molecule has 0 radical (unpaired) electrons. The van der Waals surface area contributed by atoms with Gasteiger partial charge in [0, 0.05) is 11.3 Å². The second-order valence-corrected chi connectivity index (χ2v) is 9.85. The molecule has 0 aliphatic heterocycles. The highest BCUT2D eigenvalue weighted by Gasteiger charge is 2.46. The molecule has 2 aliphatic rings. The van der Waals surface area contributed by atoms with Gasteiger partial charge in [-0.15, -0.1) is 11.3 Å². The third-order valence-corrected chi connectivity index (χ3v) is 7.81. The minimum absolute atomic E-state index is 0.0544. The molecule has 1 aromatic heterocycles. The fourth-order valence-corrected chi connectivity index (χ4v) is 5.55. The summed E-state index contributed by atoms with van der Waals surface area (Å²) in [5.41, 5.74) is 3.44. The number of fused-ring (bicyclic) bond motifs is 3. The number of carbonyl (C=O) groups is 3. The number of aromatic nitrogens is 1. The fraction of sp³-hybridized carbons (Fsp3) is 0.308. The van der Waals surface area contributed by atoms with E-state index in [1.54, 1.807) is 6.92 Å². The molecule has 0 bridgehead atoms. The van der Waals surface area contributed by atoms with E-state index < -0.39 is 23.6 Å². The van der Waals surface area contributed by atoms with Crippen LogP contribution in [0.3, 0.4) is 0 Å². The number of hydrogen-bond donors (Lipinski definition) is 3. The summed E-state index contributed by atoms with van der Waals surface area (Å²) >= 11 is 1.17. The van der Waals surface area contributed by atoms with E-state index in [4.69, 9.17) is 9.84 Å². The molecule has 1 heterocycles. The Morgan fingerprint density at radius 2 is 1.74 bits per heavy atom. The zero-order chi connectivity index (χ0) is 24.6. The molecule has 9 heteroatoms. The Labute approximate surface area is 206 Å². The van der Waals surface area contributed by atoms with Gasteiger partial charge in [-0.1, -0.05) is 48.5 Å². The lowest BCUT2D eigenvalue weighted by atomic mass is 9.76. The number of aromatic carboxylic acids is 1. The Morgan fingerprint density at radius 1 is 1.11 bits per heavy atom. The SMILES string of the molecule is CC(NC(=O)C1(NC(=O)OCC2c3ccccc3-c3ccccc32)CCC1)c1nc(C(=O)O)cs1. The van der Waals surface area contributed by atoms with Crippen molar-refractivity contribution in [1.82, 2.24) is 15.6 Å². The average molecular weight is 492 g/mol. The lowest BCUT2D eigenvalue weighted by Crippen LogP contribution is -2.63. The van der Waals surface area contributed by atoms with Crippen LogP contribution in [0.15, 0.2) is 53.9 Å². The number of carbonyl (C=O) groups excluding carboxylic acids is 2. The number of carboxylic acid groups (broad SMARTS) is 1. The highest BCUT2D eigenvalue weighted by molar-refractivity contribution is 7.09. The van der Waals surface area contributed by atoms with Crippen LogP contribution in [0.1, 0.15) is 64.8 Å². The molecule has 1 unspecified atom stereocenters. The number of carboxylic acids is 1. The lowest BCUT2D eigenvalue weighted by Gasteiger charge is -2.40.